The van der Waals surface area contributed by atoms with Crippen molar-refractivity contribution in [3.05, 3.63) is 58.3 Å². The van der Waals surface area contributed by atoms with Gasteiger partial charge in [0.1, 0.15) is 0 Å². The van der Waals surface area contributed by atoms with Crippen molar-refractivity contribution < 1.29 is 5.11 Å². The summed E-state index contributed by atoms with van der Waals surface area (Å²) >= 11 is 8.29. The molecule has 0 radical (unpaired) electrons. The monoisotopic (exact) mass is 344 g/mol. The molecule has 1 aromatic heterocycles. The van der Waals surface area contributed by atoms with E-state index < -0.39 is 6.10 Å². The molecule has 0 unspecified atom stereocenters. The predicted molar refractivity (Wildman–Crippen MR) is 97.8 cm³/mol. The first-order chi connectivity index (χ1) is 11.2. The Morgan fingerprint density at radius 1 is 1.17 bits per heavy atom. The van der Waals surface area contributed by atoms with Crippen LogP contribution in [-0.2, 0) is 6.42 Å². The van der Waals surface area contributed by atoms with E-state index in [0.717, 1.165) is 24.8 Å². The van der Waals surface area contributed by atoms with E-state index in [4.69, 9.17) is 11.6 Å². The van der Waals surface area contributed by atoms with Crippen LogP contribution < -0.4 is 0 Å². The molecule has 1 aromatic carbocycles. The van der Waals surface area contributed by atoms with Crippen molar-refractivity contribution in [1.82, 2.24) is 0 Å². The van der Waals surface area contributed by atoms with E-state index in [0.29, 0.717) is 6.42 Å². The van der Waals surface area contributed by atoms with E-state index in [1.54, 1.807) is 11.3 Å². The lowest BCUT2D eigenvalue weighted by atomic mass is 9.90. The summed E-state index contributed by atoms with van der Waals surface area (Å²) in [4.78, 5) is 1.42. The molecule has 0 aliphatic heterocycles. The number of benzene rings is 1. The normalized spacial score (nSPS) is 26.7. The number of hydrogen-bond donors (Lipinski definition) is 1. The van der Waals surface area contributed by atoms with Crippen molar-refractivity contribution in [1.29, 1.82) is 0 Å². The number of thiophene rings is 1. The smallest absolute Gasteiger partial charge is 0.0695 e. The first kappa shape index (κ1) is 16.6. The molecular weight excluding hydrogens is 324 g/mol. The van der Waals surface area contributed by atoms with Crippen molar-refractivity contribution in [3.8, 4) is 11.8 Å². The summed E-state index contributed by atoms with van der Waals surface area (Å²) in [6, 6.07) is 14.2. The summed E-state index contributed by atoms with van der Waals surface area (Å²) in [6.45, 7) is 0. The van der Waals surface area contributed by atoms with Crippen LogP contribution in [0, 0.1) is 23.7 Å². The molecule has 3 rings (SSSR count). The van der Waals surface area contributed by atoms with E-state index >= 15 is 0 Å². The average molecular weight is 345 g/mol. The van der Waals surface area contributed by atoms with Gasteiger partial charge in [0.25, 0.3) is 0 Å². The van der Waals surface area contributed by atoms with E-state index in [1.165, 1.54) is 4.88 Å². The molecule has 2 aromatic rings. The van der Waals surface area contributed by atoms with Crippen LogP contribution in [0.4, 0.5) is 0 Å². The van der Waals surface area contributed by atoms with Crippen molar-refractivity contribution in [2.24, 2.45) is 11.8 Å². The minimum atomic E-state index is -0.402. The number of rotatable bonds is 4. The lowest BCUT2D eigenvalue weighted by Crippen LogP contribution is -2.19. The van der Waals surface area contributed by atoms with Crippen molar-refractivity contribution in [3.63, 3.8) is 0 Å². The number of aliphatic hydroxyl groups excluding tert-OH is 1. The topological polar surface area (TPSA) is 20.2 Å². The Morgan fingerprint density at radius 3 is 2.74 bits per heavy atom. The fourth-order valence-corrected chi connectivity index (χ4v) is 4.50. The van der Waals surface area contributed by atoms with Crippen molar-refractivity contribution >= 4 is 22.9 Å². The van der Waals surface area contributed by atoms with Gasteiger partial charge in [-0.05, 0) is 55.2 Å². The molecule has 120 valence electrons. The summed E-state index contributed by atoms with van der Waals surface area (Å²) < 4.78 is 0. The zero-order chi connectivity index (χ0) is 16.1. The number of alkyl halides is 1. The first-order valence-corrected chi connectivity index (χ1v) is 9.47. The quantitative estimate of drug-likeness (QED) is 0.628. The molecule has 1 aliphatic carbocycles. The summed E-state index contributed by atoms with van der Waals surface area (Å²) in [6.07, 6.45) is 3.47. The fraction of sp³-hybridized carbons (Fsp3) is 0.400. The summed E-state index contributed by atoms with van der Waals surface area (Å²) in [5, 5.41) is 12.5. The number of hydrogen-bond acceptors (Lipinski definition) is 2. The molecule has 4 atom stereocenters. The Bertz CT molecular complexity index is 656. The van der Waals surface area contributed by atoms with Gasteiger partial charge in [0, 0.05) is 15.8 Å². The Labute approximate surface area is 147 Å². The average Bonchev–Trinajstić information content (AvgIpc) is 3.16. The van der Waals surface area contributed by atoms with Crippen LogP contribution in [0.3, 0.4) is 0 Å². The van der Waals surface area contributed by atoms with Gasteiger partial charge in [0.15, 0.2) is 0 Å². The van der Waals surface area contributed by atoms with Crippen LogP contribution in [0.5, 0.6) is 0 Å². The van der Waals surface area contributed by atoms with Crippen LogP contribution in [0.1, 0.15) is 29.7 Å². The third kappa shape index (κ3) is 4.38. The highest BCUT2D eigenvalue weighted by molar-refractivity contribution is 7.09. The maximum Gasteiger partial charge on any atom is 0.0695 e. The lowest BCUT2D eigenvalue weighted by Gasteiger charge is -2.18. The van der Waals surface area contributed by atoms with E-state index in [-0.39, 0.29) is 17.2 Å². The molecule has 0 spiro atoms. The Balaban J connectivity index is 1.63. The predicted octanol–water partition coefficient (Wildman–Crippen LogP) is 4.73. The van der Waals surface area contributed by atoms with Crippen LogP contribution in [0.25, 0.3) is 0 Å². The van der Waals surface area contributed by atoms with Crippen molar-refractivity contribution in [2.75, 3.05) is 0 Å². The summed E-state index contributed by atoms with van der Waals surface area (Å²) in [7, 11) is 0. The molecule has 1 saturated carbocycles. The van der Waals surface area contributed by atoms with Crippen LogP contribution in [0.2, 0.25) is 0 Å². The van der Waals surface area contributed by atoms with E-state index in [9.17, 15) is 5.11 Å². The molecule has 1 nitrogen and oxygen atoms in total. The van der Waals surface area contributed by atoms with Gasteiger partial charge in [-0.3, -0.25) is 0 Å². The maximum atomic E-state index is 10.3. The molecule has 1 fully saturated rings. The molecule has 0 amide bonds. The van der Waals surface area contributed by atoms with Gasteiger partial charge >= 0.3 is 0 Å². The molecule has 1 aliphatic rings. The zero-order valence-electron chi connectivity index (χ0n) is 13.0. The van der Waals surface area contributed by atoms with Gasteiger partial charge in [0.2, 0.25) is 0 Å². The molecule has 3 heteroatoms. The minimum Gasteiger partial charge on any atom is -0.392 e. The molecule has 0 saturated heterocycles. The zero-order valence-corrected chi connectivity index (χ0v) is 14.6. The van der Waals surface area contributed by atoms with Gasteiger partial charge < -0.3 is 5.11 Å². The largest absolute Gasteiger partial charge is 0.392 e. The molecule has 1 N–H and O–H groups in total. The highest BCUT2D eigenvalue weighted by Crippen LogP contribution is 2.39. The second-order valence-corrected chi connectivity index (χ2v) is 7.71. The lowest BCUT2D eigenvalue weighted by molar-refractivity contribution is 0.144. The van der Waals surface area contributed by atoms with Crippen LogP contribution in [-0.4, -0.2) is 16.6 Å². The molecule has 0 bridgehead atoms. The highest BCUT2D eigenvalue weighted by atomic mass is 35.5. The van der Waals surface area contributed by atoms with Crippen LogP contribution in [0.15, 0.2) is 47.8 Å². The van der Waals surface area contributed by atoms with Gasteiger partial charge in [-0.2, -0.15) is 0 Å². The third-order valence-corrected chi connectivity index (χ3v) is 5.94. The minimum absolute atomic E-state index is 0.0129. The second kappa shape index (κ2) is 8.02. The second-order valence-electron chi connectivity index (χ2n) is 6.12. The number of halogens is 1. The Morgan fingerprint density at radius 2 is 2.00 bits per heavy atom. The number of aryl methyl sites for hydroxylation is 1. The summed E-state index contributed by atoms with van der Waals surface area (Å²) in [5.41, 5.74) is 0.995. The molecule has 1 heterocycles. The SMILES string of the molecule is O[C@@H]1C[C@@H](Cl)[C@H](CCCc2cccs2)[C@H]1C#Cc1ccccc1. The third-order valence-electron chi connectivity index (χ3n) is 4.50. The number of aliphatic hydroxyl groups is 1. The maximum absolute atomic E-state index is 10.3. The van der Waals surface area contributed by atoms with Crippen molar-refractivity contribution in [2.45, 2.75) is 37.2 Å². The highest BCUT2D eigenvalue weighted by Gasteiger charge is 2.40. The van der Waals surface area contributed by atoms with E-state index in [1.807, 2.05) is 30.3 Å². The fourth-order valence-electron chi connectivity index (χ4n) is 3.28. The van der Waals surface area contributed by atoms with Gasteiger partial charge in [-0.15, -0.1) is 22.9 Å². The Kier molecular flexibility index (Phi) is 5.78. The standard InChI is InChI=1S/C20H21ClOS/c21-19-14-20(22)18(12-11-15-6-2-1-3-7-15)17(19)10-4-8-16-9-5-13-23-16/h1-3,5-7,9,13,17-20,22H,4,8,10,14H2/t17-,18-,19-,20-/m1/s1. The van der Waals surface area contributed by atoms with Gasteiger partial charge in [-0.1, -0.05) is 36.1 Å². The van der Waals surface area contributed by atoms with Gasteiger partial charge in [-0.25, -0.2) is 0 Å². The molecular formula is C20H21ClOS. The first-order valence-electron chi connectivity index (χ1n) is 8.15. The summed E-state index contributed by atoms with van der Waals surface area (Å²) in [5.74, 6) is 6.76. The molecule has 23 heavy (non-hydrogen) atoms. The van der Waals surface area contributed by atoms with E-state index in [2.05, 4.69) is 29.4 Å². The van der Waals surface area contributed by atoms with Gasteiger partial charge in [0.05, 0.1) is 12.0 Å². The van der Waals surface area contributed by atoms with Crippen LogP contribution >= 0.6 is 22.9 Å². The Hall–Kier alpha value is -1.27.